The Hall–Kier alpha value is -1.79. The van der Waals surface area contributed by atoms with Crippen molar-refractivity contribution >= 4 is 5.91 Å². The summed E-state index contributed by atoms with van der Waals surface area (Å²) in [6.45, 7) is 3.78. The van der Waals surface area contributed by atoms with Crippen LogP contribution in [0.5, 0.6) is 11.5 Å². The van der Waals surface area contributed by atoms with Crippen LogP contribution in [0.1, 0.15) is 12.5 Å². The molecule has 2 atom stereocenters. The number of methoxy groups -OCH3 is 2. The van der Waals surface area contributed by atoms with Crippen LogP contribution in [0.2, 0.25) is 0 Å². The second-order valence-electron chi connectivity index (χ2n) is 5.43. The second kappa shape index (κ2) is 7.47. The molecule has 2 N–H and O–H groups in total. The molecule has 1 fully saturated rings. The van der Waals surface area contributed by atoms with Crippen LogP contribution in [0, 0.1) is 5.92 Å². The van der Waals surface area contributed by atoms with E-state index < -0.39 is 0 Å². The molecule has 0 spiro atoms. The maximum atomic E-state index is 12.1. The number of nitrogens with one attached hydrogen (secondary N) is 1. The largest absolute Gasteiger partial charge is 0.497 e. The normalized spacial score (nSPS) is 20.7. The fraction of sp³-hybridized carbons (Fsp3) is 0.562. The Labute approximate surface area is 131 Å². The molecule has 1 aliphatic rings. The first-order valence-corrected chi connectivity index (χ1v) is 7.45. The molecule has 0 aliphatic carbocycles. The molecule has 1 aromatic rings. The standard InChI is InChI=1S/C16H24N2O4/c1-11-14(9-17-6-7-19)18(16(11)20)10-12-4-5-13(21-2)8-15(12)22-3/h4-5,8,11,14,17,19H,6-7,9-10H2,1-3H3/t11-,14+/m0/s1. The van der Waals surface area contributed by atoms with Gasteiger partial charge in [-0.2, -0.15) is 0 Å². The number of nitrogens with zero attached hydrogens (tertiary/aromatic N) is 1. The minimum absolute atomic E-state index is 0.00966. The van der Waals surface area contributed by atoms with E-state index in [4.69, 9.17) is 14.6 Å². The molecule has 0 radical (unpaired) electrons. The lowest BCUT2D eigenvalue weighted by molar-refractivity contribution is -0.155. The fourth-order valence-electron chi connectivity index (χ4n) is 2.75. The molecule has 0 bridgehead atoms. The van der Waals surface area contributed by atoms with E-state index in [2.05, 4.69) is 5.32 Å². The van der Waals surface area contributed by atoms with Gasteiger partial charge in [-0.25, -0.2) is 0 Å². The fourth-order valence-corrected chi connectivity index (χ4v) is 2.75. The number of carbonyl (C=O) groups is 1. The zero-order valence-corrected chi connectivity index (χ0v) is 13.3. The lowest BCUT2D eigenvalue weighted by Gasteiger charge is -2.46. The molecular formula is C16H24N2O4. The Kier molecular flexibility index (Phi) is 5.63. The number of β-lactam (4-membered cyclic amide) rings is 1. The number of hydrogen-bond donors (Lipinski definition) is 2. The summed E-state index contributed by atoms with van der Waals surface area (Å²) in [7, 11) is 3.22. The first kappa shape index (κ1) is 16.6. The summed E-state index contributed by atoms with van der Waals surface area (Å²) in [5.41, 5.74) is 0.954. The molecule has 6 nitrogen and oxygen atoms in total. The highest BCUT2D eigenvalue weighted by molar-refractivity contribution is 5.85. The molecule has 0 unspecified atom stereocenters. The van der Waals surface area contributed by atoms with Crippen LogP contribution < -0.4 is 14.8 Å². The highest BCUT2D eigenvalue weighted by Crippen LogP contribution is 2.32. The van der Waals surface area contributed by atoms with Crippen LogP contribution >= 0.6 is 0 Å². The Morgan fingerprint density at radius 3 is 2.73 bits per heavy atom. The second-order valence-corrected chi connectivity index (χ2v) is 5.43. The van der Waals surface area contributed by atoms with Gasteiger partial charge in [0.15, 0.2) is 0 Å². The highest BCUT2D eigenvalue weighted by Gasteiger charge is 2.43. The van der Waals surface area contributed by atoms with Crippen molar-refractivity contribution in [1.29, 1.82) is 0 Å². The maximum Gasteiger partial charge on any atom is 0.228 e. The van der Waals surface area contributed by atoms with Crippen molar-refractivity contribution in [2.75, 3.05) is 33.9 Å². The summed E-state index contributed by atoms with van der Waals surface area (Å²) in [5.74, 6) is 1.60. The number of rotatable bonds is 8. The van der Waals surface area contributed by atoms with Gasteiger partial charge >= 0.3 is 0 Å². The summed E-state index contributed by atoms with van der Waals surface area (Å²) in [6, 6.07) is 5.75. The van der Waals surface area contributed by atoms with E-state index in [1.807, 2.05) is 30.0 Å². The van der Waals surface area contributed by atoms with Crippen molar-refractivity contribution in [3.63, 3.8) is 0 Å². The molecule has 1 amide bonds. The smallest absolute Gasteiger partial charge is 0.228 e. The molecule has 0 aromatic heterocycles. The highest BCUT2D eigenvalue weighted by atomic mass is 16.5. The molecule has 2 rings (SSSR count). The monoisotopic (exact) mass is 308 g/mol. The molecule has 122 valence electrons. The summed E-state index contributed by atoms with van der Waals surface area (Å²) in [4.78, 5) is 14.0. The average molecular weight is 308 g/mol. The van der Waals surface area contributed by atoms with Crippen LogP contribution in [-0.4, -0.2) is 55.9 Å². The van der Waals surface area contributed by atoms with Gasteiger partial charge in [0.05, 0.1) is 32.8 Å². The molecule has 1 heterocycles. The third-order valence-electron chi connectivity index (χ3n) is 4.13. The predicted octanol–water partition coefficient (Wildman–Crippen LogP) is 0.633. The van der Waals surface area contributed by atoms with Gasteiger partial charge in [0.25, 0.3) is 0 Å². The number of hydrogen-bond acceptors (Lipinski definition) is 5. The first-order valence-electron chi connectivity index (χ1n) is 7.45. The van der Waals surface area contributed by atoms with Crippen LogP contribution in [0.15, 0.2) is 18.2 Å². The molecule has 1 aliphatic heterocycles. The molecule has 6 heteroatoms. The number of aliphatic hydroxyl groups is 1. The zero-order valence-electron chi connectivity index (χ0n) is 13.3. The Balaban J connectivity index is 2.06. The minimum atomic E-state index is 0.00966. The number of aliphatic hydroxyl groups excluding tert-OH is 1. The lowest BCUT2D eigenvalue weighted by Crippen LogP contribution is -2.62. The molecule has 1 saturated heterocycles. The Morgan fingerprint density at radius 2 is 2.09 bits per heavy atom. The van der Waals surface area contributed by atoms with Gasteiger partial charge in [0.2, 0.25) is 5.91 Å². The Morgan fingerprint density at radius 1 is 1.32 bits per heavy atom. The molecular weight excluding hydrogens is 284 g/mol. The van der Waals surface area contributed by atoms with E-state index in [-0.39, 0.29) is 24.5 Å². The number of ether oxygens (including phenoxy) is 2. The first-order chi connectivity index (χ1) is 10.6. The number of carbonyl (C=O) groups excluding carboxylic acids is 1. The maximum absolute atomic E-state index is 12.1. The molecule has 0 saturated carbocycles. The predicted molar refractivity (Wildman–Crippen MR) is 83.0 cm³/mol. The van der Waals surface area contributed by atoms with E-state index in [0.29, 0.717) is 25.4 Å². The van der Waals surface area contributed by atoms with Gasteiger partial charge in [-0.15, -0.1) is 0 Å². The third kappa shape index (κ3) is 3.34. The molecule has 1 aromatic carbocycles. The van der Waals surface area contributed by atoms with Gasteiger partial charge in [0.1, 0.15) is 11.5 Å². The van der Waals surface area contributed by atoms with Crippen molar-refractivity contribution < 1.29 is 19.4 Å². The third-order valence-corrected chi connectivity index (χ3v) is 4.13. The average Bonchev–Trinajstić information content (AvgIpc) is 2.56. The van der Waals surface area contributed by atoms with Crippen molar-refractivity contribution in [2.45, 2.75) is 19.5 Å². The summed E-state index contributed by atoms with van der Waals surface area (Å²) >= 11 is 0. The Bertz CT molecular complexity index is 521. The lowest BCUT2D eigenvalue weighted by atomic mass is 9.88. The van der Waals surface area contributed by atoms with Crippen LogP contribution in [0.25, 0.3) is 0 Å². The van der Waals surface area contributed by atoms with Crippen LogP contribution in [0.4, 0.5) is 0 Å². The van der Waals surface area contributed by atoms with E-state index in [1.165, 1.54) is 0 Å². The van der Waals surface area contributed by atoms with Crippen LogP contribution in [-0.2, 0) is 11.3 Å². The quantitative estimate of drug-likeness (QED) is 0.544. The van der Waals surface area contributed by atoms with Gasteiger partial charge in [-0.3, -0.25) is 4.79 Å². The number of likely N-dealkylation sites (tertiary alicyclic amines) is 1. The van der Waals surface area contributed by atoms with Crippen molar-refractivity contribution in [2.24, 2.45) is 5.92 Å². The van der Waals surface area contributed by atoms with Gasteiger partial charge in [0, 0.05) is 31.3 Å². The van der Waals surface area contributed by atoms with Gasteiger partial charge in [-0.1, -0.05) is 6.92 Å². The van der Waals surface area contributed by atoms with Crippen molar-refractivity contribution in [1.82, 2.24) is 10.2 Å². The van der Waals surface area contributed by atoms with E-state index in [1.54, 1.807) is 14.2 Å². The SMILES string of the molecule is COc1ccc(CN2C(=O)[C@@H](C)[C@H]2CNCCO)c(OC)c1. The van der Waals surface area contributed by atoms with Gasteiger partial charge in [-0.05, 0) is 12.1 Å². The topological polar surface area (TPSA) is 71.0 Å². The van der Waals surface area contributed by atoms with Crippen LogP contribution in [0.3, 0.4) is 0 Å². The van der Waals surface area contributed by atoms with Crippen molar-refractivity contribution in [3.8, 4) is 11.5 Å². The number of amides is 1. The van der Waals surface area contributed by atoms with Gasteiger partial charge < -0.3 is 24.8 Å². The summed E-state index contributed by atoms with van der Waals surface area (Å²) < 4.78 is 10.6. The minimum Gasteiger partial charge on any atom is -0.497 e. The zero-order chi connectivity index (χ0) is 16.1. The summed E-state index contributed by atoms with van der Waals surface area (Å²) in [6.07, 6.45) is 0. The van der Waals surface area contributed by atoms with E-state index >= 15 is 0 Å². The molecule has 22 heavy (non-hydrogen) atoms. The van der Waals surface area contributed by atoms with E-state index in [9.17, 15) is 4.79 Å². The van der Waals surface area contributed by atoms with Crippen molar-refractivity contribution in [3.05, 3.63) is 23.8 Å². The van der Waals surface area contributed by atoms with E-state index in [0.717, 1.165) is 11.3 Å². The number of benzene rings is 1. The summed E-state index contributed by atoms with van der Waals surface area (Å²) in [5, 5.41) is 12.0.